The van der Waals surface area contributed by atoms with Crippen LogP contribution in [0.1, 0.15) is 38.8 Å². The van der Waals surface area contributed by atoms with Gasteiger partial charge in [-0.15, -0.1) is 0 Å². The smallest absolute Gasteiger partial charge is 0.226 e. The first kappa shape index (κ1) is 26.0. The molecule has 208 valence electrons. The fraction of sp³-hybridized carbons (Fsp3) is 0.750. The van der Waals surface area contributed by atoms with Crippen LogP contribution in [0.4, 0.5) is 10.2 Å². The van der Waals surface area contributed by atoms with Crippen LogP contribution < -0.4 is 15.6 Å². The molecule has 1 saturated carbocycles. The minimum absolute atomic E-state index is 0.0365. The number of aryl methyl sites for hydroxylation is 1. The maximum atomic E-state index is 14.0. The molecule has 5 fully saturated rings. The number of hydrogen-bond donors (Lipinski definition) is 2. The average Bonchev–Trinajstić information content (AvgIpc) is 3.52. The van der Waals surface area contributed by atoms with Gasteiger partial charge in [0.05, 0.1) is 11.6 Å². The lowest BCUT2D eigenvalue weighted by atomic mass is 9.65. The Morgan fingerprint density at radius 1 is 1.13 bits per heavy atom. The number of hydrogen-bond acceptors (Lipinski definition) is 7. The number of halogens is 1. The molecule has 38 heavy (non-hydrogen) atoms. The number of pyridine rings is 1. The third-order valence-corrected chi connectivity index (χ3v) is 10.0. The minimum atomic E-state index is -0.295. The van der Waals surface area contributed by atoms with Crippen LogP contribution in [0.3, 0.4) is 0 Å². The number of anilines is 1. The molecule has 2 N–H and O–H groups in total. The van der Waals surface area contributed by atoms with Crippen LogP contribution in [0.5, 0.6) is 0 Å². The van der Waals surface area contributed by atoms with E-state index >= 15 is 0 Å². The van der Waals surface area contributed by atoms with Gasteiger partial charge in [-0.25, -0.2) is 14.4 Å². The Hall–Kier alpha value is -2.30. The summed E-state index contributed by atoms with van der Waals surface area (Å²) in [6, 6.07) is 4.00. The van der Waals surface area contributed by atoms with Gasteiger partial charge in [-0.05, 0) is 70.7 Å². The van der Waals surface area contributed by atoms with Gasteiger partial charge in [-0.2, -0.15) is 0 Å². The number of fused-ring (bicyclic) bond motifs is 3. The summed E-state index contributed by atoms with van der Waals surface area (Å²) in [5.74, 6) is 1.29. The number of nitrogens with one attached hydrogen (secondary N) is 2. The van der Waals surface area contributed by atoms with Gasteiger partial charge >= 0.3 is 0 Å². The van der Waals surface area contributed by atoms with Crippen molar-refractivity contribution in [1.82, 2.24) is 30.5 Å². The highest BCUT2D eigenvalue weighted by Gasteiger charge is 2.55. The van der Waals surface area contributed by atoms with Crippen LogP contribution in [-0.2, 0) is 9.59 Å². The lowest BCUT2D eigenvalue weighted by Crippen LogP contribution is -2.64. The number of carbonyl (C=O) groups is 2. The second-order valence-electron chi connectivity index (χ2n) is 12.5. The monoisotopic (exact) mass is 527 g/mol. The van der Waals surface area contributed by atoms with Crippen LogP contribution in [0.2, 0.25) is 0 Å². The van der Waals surface area contributed by atoms with Gasteiger partial charge < -0.3 is 20.0 Å². The normalized spacial score (nSPS) is 38.2. The number of carbonyl (C=O) groups excluding carboxylic acids is 2. The zero-order valence-electron chi connectivity index (χ0n) is 23.1. The molecule has 4 aliphatic heterocycles. The van der Waals surface area contributed by atoms with E-state index in [9.17, 15) is 14.0 Å². The van der Waals surface area contributed by atoms with E-state index in [-0.39, 0.29) is 59.4 Å². The molecule has 6 rings (SSSR count). The highest BCUT2D eigenvalue weighted by molar-refractivity contribution is 5.82. The molecule has 2 amide bonds. The molecule has 1 aromatic rings. The first-order valence-corrected chi connectivity index (χ1v) is 14.4. The van der Waals surface area contributed by atoms with Crippen molar-refractivity contribution in [2.45, 2.75) is 64.2 Å². The number of rotatable bonds is 3. The largest absolute Gasteiger partial charge is 0.353 e. The van der Waals surface area contributed by atoms with Crippen molar-refractivity contribution >= 4 is 17.6 Å². The highest BCUT2D eigenvalue weighted by atomic mass is 19.1. The Labute approximate surface area is 225 Å². The molecule has 0 radical (unpaired) electrons. The van der Waals surface area contributed by atoms with E-state index in [0.29, 0.717) is 37.9 Å². The highest BCUT2D eigenvalue weighted by Crippen LogP contribution is 2.44. The maximum absolute atomic E-state index is 14.0. The Bertz CT molecular complexity index is 1090. The average molecular weight is 528 g/mol. The second-order valence-corrected chi connectivity index (χ2v) is 12.5. The maximum Gasteiger partial charge on any atom is 0.226 e. The minimum Gasteiger partial charge on any atom is -0.353 e. The summed E-state index contributed by atoms with van der Waals surface area (Å²) in [7, 11) is 2.16. The Balaban J connectivity index is 1.16. The van der Waals surface area contributed by atoms with E-state index in [0.717, 1.165) is 38.2 Å². The summed E-state index contributed by atoms with van der Waals surface area (Å²) >= 11 is 0. The molecule has 1 aromatic heterocycles. The van der Waals surface area contributed by atoms with E-state index in [1.807, 2.05) is 4.90 Å². The van der Waals surface area contributed by atoms with Crippen LogP contribution in [0.25, 0.3) is 0 Å². The Kier molecular flexibility index (Phi) is 6.85. The summed E-state index contributed by atoms with van der Waals surface area (Å²) in [5, 5.41) is 5.74. The second kappa shape index (κ2) is 10.0. The summed E-state index contributed by atoms with van der Waals surface area (Å²) in [6.07, 6.45) is 2.78. The first-order chi connectivity index (χ1) is 18.2. The molecular formula is C28H42FN7O2. The van der Waals surface area contributed by atoms with E-state index in [2.05, 4.69) is 51.4 Å². The number of aromatic nitrogens is 1. The third kappa shape index (κ3) is 4.48. The van der Waals surface area contributed by atoms with Crippen molar-refractivity contribution in [3.63, 3.8) is 0 Å². The topological polar surface area (TPSA) is 84.0 Å². The van der Waals surface area contributed by atoms with Gasteiger partial charge in [0.1, 0.15) is 11.6 Å². The van der Waals surface area contributed by atoms with Crippen molar-refractivity contribution in [1.29, 1.82) is 0 Å². The molecule has 6 unspecified atom stereocenters. The van der Waals surface area contributed by atoms with Crippen LogP contribution in [-0.4, -0.2) is 102 Å². The summed E-state index contributed by atoms with van der Waals surface area (Å²) in [6.45, 7) is 10.7. The van der Waals surface area contributed by atoms with Gasteiger partial charge in [-0.1, -0.05) is 6.92 Å². The number of hydrazine groups is 1. The van der Waals surface area contributed by atoms with Gasteiger partial charge in [0.2, 0.25) is 11.8 Å². The van der Waals surface area contributed by atoms with Crippen molar-refractivity contribution in [3.05, 3.63) is 23.6 Å². The SMILES string of the molecule is Cc1nc(N2CCN(C(=O)C3CC4C(CC3C)NC(=O)C3CNN([C@H]5CCN(C)C5)C34)C[C@H]2C)ccc1F. The number of amides is 2. The van der Waals surface area contributed by atoms with E-state index in [1.54, 1.807) is 13.0 Å². The lowest BCUT2D eigenvalue weighted by Gasteiger charge is -2.50. The van der Waals surface area contributed by atoms with E-state index in [4.69, 9.17) is 0 Å². The quantitative estimate of drug-likeness (QED) is 0.612. The molecular weight excluding hydrogens is 485 g/mol. The summed E-state index contributed by atoms with van der Waals surface area (Å²) in [4.78, 5) is 38.1. The van der Waals surface area contributed by atoms with E-state index in [1.165, 1.54) is 6.07 Å². The van der Waals surface area contributed by atoms with Crippen LogP contribution in [0, 0.1) is 36.4 Å². The van der Waals surface area contributed by atoms with Crippen molar-refractivity contribution < 1.29 is 14.0 Å². The molecule has 5 aliphatic rings. The van der Waals surface area contributed by atoms with Gasteiger partial charge in [-0.3, -0.25) is 15.0 Å². The molecule has 0 bridgehead atoms. The molecule has 1 aliphatic carbocycles. The Morgan fingerprint density at radius 3 is 2.66 bits per heavy atom. The summed E-state index contributed by atoms with van der Waals surface area (Å²) in [5.41, 5.74) is 3.99. The standard InChI is InChI=1S/C28H42FN7O2/c1-16-11-24-21(26-22(27(37)32-24)13-30-36(26)19-7-8-33(4)15-19)12-20(16)28(38)34-9-10-35(17(2)14-34)25-6-5-23(29)18(3)31-25/h5-6,16-17,19-22,24,26,30H,7-15H2,1-4H3,(H,32,37)/t16?,17-,19+,20?,21?,22?,24?,26?/m1/s1. The van der Waals surface area contributed by atoms with Crippen molar-refractivity contribution in [2.75, 3.05) is 51.2 Å². The number of nitrogens with zero attached hydrogens (tertiary/aromatic N) is 5. The molecule has 9 nitrogen and oxygen atoms in total. The van der Waals surface area contributed by atoms with Gasteiger partial charge in [0, 0.05) is 62.8 Å². The van der Waals surface area contributed by atoms with Gasteiger partial charge in [0.25, 0.3) is 0 Å². The van der Waals surface area contributed by atoms with Crippen molar-refractivity contribution in [3.8, 4) is 0 Å². The predicted octanol–water partition coefficient (Wildman–Crippen LogP) is 1.24. The Morgan fingerprint density at radius 2 is 1.95 bits per heavy atom. The number of likely N-dealkylation sites (tertiary alicyclic amines) is 1. The van der Waals surface area contributed by atoms with Crippen molar-refractivity contribution in [2.24, 2.45) is 23.7 Å². The van der Waals surface area contributed by atoms with E-state index < -0.39 is 0 Å². The number of piperidine rings is 1. The number of likely N-dealkylation sites (N-methyl/N-ethyl adjacent to an activating group) is 1. The molecule has 5 heterocycles. The summed E-state index contributed by atoms with van der Waals surface area (Å²) < 4.78 is 13.8. The van der Waals surface area contributed by atoms with Crippen LogP contribution >= 0.6 is 0 Å². The van der Waals surface area contributed by atoms with Gasteiger partial charge in [0.15, 0.2) is 0 Å². The fourth-order valence-corrected chi connectivity index (χ4v) is 7.92. The first-order valence-electron chi connectivity index (χ1n) is 14.4. The zero-order chi connectivity index (χ0) is 26.7. The number of piperazine rings is 1. The third-order valence-electron chi connectivity index (χ3n) is 10.0. The molecule has 0 aromatic carbocycles. The fourth-order valence-electron chi connectivity index (χ4n) is 7.92. The molecule has 0 spiro atoms. The lowest BCUT2D eigenvalue weighted by molar-refractivity contribution is -0.143. The zero-order valence-corrected chi connectivity index (χ0v) is 23.1. The predicted molar refractivity (Wildman–Crippen MR) is 143 cm³/mol. The van der Waals surface area contributed by atoms with Crippen LogP contribution in [0.15, 0.2) is 12.1 Å². The molecule has 8 atom stereocenters. The molecule has 10 heteroatoms. The molecule has 4 saturated heterocycles.